The summed E-state index contributed by atoms with van der Waals surface area (Å²) in [5.74, 6) is 2.69. The van der Waals surface area contributed by atoms with Crippen molar-refractivity contribution in [1.82, 2.24) is 0 Å². The lowest BCUT2D eigenvalue weighted by atomic mass is 9.88. The van der Waals surface area contributed by atoms with Crippen LogP contribution in [0.2, 0.25) is 0 Å². The van der Waals surface area contributed by atoms with E-state index in [1.165, 1.54) is 0 Å². The number of halogens is 1. The summed E-state index contributed by atoms with van der Waals surface area (Å²) in [7, 11) is 0. The molecule has 0 fully saturated rings. The molecular weight excluding hydrogens is 776 g/mol. The van der Waals surface area contributed by atoms with Crippen molar-refractivity contribution in [2.24, 2.45) is 0 Å². The third-order valence-corrected chi connectivity index (χ3v) is 12.1. The van der Waals surface area contributed by atoms with E-state index in [0.29, 0.717) is 11.4 Å². The molecule has 298 valence electrons. The van der Waals surface area contributed by atoms with Gasteiger partial charge in [-0.15, -0.1) is 0 Å². The molecule has 0 saturated carbocycles. The van der Waals surface area contributed by atoms with Crippen molar-refractivity contribution in [3.63, 3.8) is 0 Å². The second-order valence-corrected chi connectivity index (χ2v) is 15.8. The van der Waals surface area contributed by atoms with Crippen molar-refractivity contribution in [2.75, 3.05) is 9.80 Å². The maximum Gasteiger partial charge on any atom is 0.147 e. The molecule has 2 aliphatic rings. The first-order valence-corrected chi connectivity index (χ1v) is 21.1. The van der Waals surface area contributed by atoms with E-state index in [0.717, 1.165) is 101 Å². The van der Waals surface area contributed by atoms with Crippen LogP contribution in [0.4, 0.5) is 38.5 Å². The summed E-state index contributed by atoms with van der Waals surface area (Å²) in [6.07, 6.45) is 0. The number of benzene rings is 10. The van der Waals surface area contributed by atoms with Crippen LogP contribution in [0.15, 0.2) is 224 Å². The smallest absolute Gasteiger partial charge is 0.147 e. The number of nitrogens with zero attached hydrogens (tertiary/aromatic N) is 2. The minimum atomic E-state index is -0.327. The second kappa shape index (κ2) is 14.9. The van der Waals surface area contributed by atoms with Crippen molar-refractivity contribution in [3.8, 4) is 67.5 Å². The fraction of sp³-hybridized carbons (Fsp3) is 0. The average molecular weight is 813 g/mol. The molecule has 0 aromatic heterocycles. The maximum absolute atomic E-state index is 16.5. The van der Waals surface area contributed by atoms with Crippen LogP contribution >= 0.6 is 0 Å². The molecule has 0 N–H and O–H groups in total. The standard InChI is InChI=1S/C58H37FN2O2/c59-51-35-41(39-15-7-2-8-16-39)23-32-52(51)61(44-24-21-40(22-25-44)38-13-5-1-6-14-38)46-27-29-48-50-31-33-53-57-49(30-34-54(58(50)57)63-56(48)37-46)47-28-26-45(36-55(47)62-53)60(42-17-9-3-10-18-42)43-19-11-4-12-20-43/h1-37H. The molecule has 0 amide bonds. The quantitative estimate of drug-likeness (QED) is 0.153. The molecule has 5 heteroatoms. The predicted molar refractivity (Wildman–Crippen MR) is 255 cm³/mol. The number of rotatable bonds is 8. The minimum Gasteiger partial charge on any atom is -0.456 e. The zero-order valence-corrected chi connectivity index (χ0v) is 34.0. The highest BCUT2D eigenvalue weighted by Crippen LogP contribution is 2.56. The lowest BCUT2D eigenvalue weighted by Gasteiger charge is -2.30. The van der Waals surface area contributed by atoms with Crippen molar-refractivity contribution < 1.29 is 13.9 Å². The van der Waals surface area contributed by atoms with Gasteiger partial charge >= 0.3 is 0 Å². The normalized spacial score (nSPS) is 11.8. The largest absolute Gasteiger partial charge is 0.456 e. The van der Waals surface area contributed by atoms with Crippen molar-refractivity contribution in [3.05, 3.63) is 230 Å². The van der Waals surface area contributed by atoms with E-state index in [1.54, 1.807) is 6.07 Å². The fourth-order valence-electron chi connectivity index (χ4n) is 9.16. The molecule has 63 heavy (non-hydrogen) atoms. The number of hydrogen-bond acceptors (Lipinski definition) is 4. The van der Waals surface area contributed by atoms with Crippen LogP contribution < -0.4 is 19.3 Å². The maximum atomic E-state index is 16.5. The minimum absolute atomic E-state index is 0.327. The van der Waals surface area contributed by atoms with Gasteiger partial charge in [-0.25, -0.2) is 4.39 Å². The number of hydrogen-bond donors (Lipinski definition) is 0. The van der Waals surface area contributed by atoms with Gasteiger partial charge in [-0.05, 0) is 130 Å². The van der Waals surface area contributed by atoms with Crippen LogP contribution in [0, 0.1) is 5.82 Å². The van der Waals surface area contributed by atoms with Gasteiger partial charge in [-0.3, -0.25) is 0 Å². The number of anilines is 6. The first kappa shape index (κ1) is 36.4. The molecule has 0 unspecified atom stereocenters. The Morgan fingerprint density at radius 2 is 0.683 bits per heavy atom. The van der Waals surface area contributed by atoms with Gasteiger partial charge in [0.2, 0.25) is 0 Å². The Morgan fingerprint density at radius 1 is 0.286 bits per heavy atom. The van der Waals surface area contributed by atoms with Gasteiger partial charge in [0.05, 0.1) is 5.69 Å². The van der Waals surface area contributed by atoms with Gasteiger partial charge in [-0.2, -0.15) is 0 Å². The Balaban J connectivity index is 0.938. The van der Waals surface area contributed by atoms with E-state index in [-0.39, 0.29) is 5.82 Å². The predicted octanol–water partition coefficient (Wildman–Crippen LogP) is 16.8. The monoisotopic (exact) mass is 812 g/mol. The molecule has 2 heterocycles. The molecule has 10 aromatic rings. The molecule has 0 saturated heterocycles. The Hall–Kier alpha value is -8.41. The van der Waals surface area contributed by atoms with Gasteiger partial charge < -0.3 is 19.3 Å². The van der Waals surface area contributed by atoms with Gasteiger partial charge in [-0.1, -0.05) is 115 Å². The lowest BCUT2D eigenvalue weighted by molar-refractivity contribution is 0.480. The molecular formula is C58H37FN2O2. The topological polar surface area (TPSA) is 24.9 Å². The molecule has 0 radical (unpaired) electrons. The SMILES string of the molecule is Fc1cc(-c2ccccc2)ccc1N(c1ccc(-c2ccccc2)cc1)c1ccc2c(c1)Oc1ccc3c4c(ccc-2c14)Oc1cc(N(c2ccccc2)c2ccccc2)ccc1-3. The first-order valence-electron chi connectivity index (χ1n) is 21.1. The fourth-order valence-corrected chi connectivity index (χ4v) is 9.16. The van der Waals surface area contributed by atoms with Crippen molar-refractivity contribution >= 4 is 44.9 Å². The Kier molecular flexibility index (Phi) is 8.64. The summed E-state index contributed by atoms with van der Waals surface area (Å²) in [5.41, 5.74) is 13.3. The van der Waals surface area contributed by atoms with Gasteiger partial charge in [0.15, 0.2) is 0 Å². The summed E-state index contributed by atoms with van der Waals surface area (Å²) in [5, 5.41) is 2.02. The second-order valence-electron chi connectivity index (χ2n) is 15.8. The van der Waals surface area contributed by atoms with Gasteiger partial charge in [0.1, 0.15) is 28.8 Å². The van der Waals surface area contributed by atoms with Crippen LogP contribution in [0.25, 0.3) is 55.3 Å². The van der Waals surface area contributed by atoms with Crippen LogP contribution in [0.3, 0.4) is 0 Å². The molecule has 12 rings (SSSR count). The average Bonchev–Trinajstić information content (AvgIpc) is 3.34. The molecule has 0 bridgehead atoms. The Bertz CT molecular complexity index is 3300. The molecule has 10 aromatic carbocycles. The van der Waals surface area contributed by atoms with E-state index in [1.807, 2.05) is 95.9 Å². The summed E-state index contributed by atoms with van der Waals surface area (Å²) < 4.78 is 30.2. The van der Waals surface area contributed by atoms with E-state index >= 15 is 4.39 Å². The number of para-hydroxylation sites is 2. The van der Waals surface area contributed by atoms with Gasteiger partial charge in [0.25, 0.3) is 0 Å². The summed E-state index contributed by atoms with van der Waals surface area (Å²) in [6.45, 7) is 0. The zero-order chi connectivity index (χ0) is 41.9. The number of ether oxygens (including phenoxy) is 2. The highest BCUT2D eigenvalue weighted by atomic mass is 19.1. The molecule has 4 nitrogen and oxygen atoms in total. The van der Waals surface area contributed by atoms with Crippen LogP contribution in [0.5, 0.6) is 23.0 Å². The summed E-state index contributed by atoms with van der Waals surface area (Å²) >= 11 is 0. The molecule has 0 atom stereocenters. The van der Waals surface area contributed by atoms with Crippen LogP contribution in [-0.4, -0.2) is 0 Å². The summed E-state index contributed by atoms with van der Waals surface area (Å²) in [6, 6.07) is 75.7. The molecule has 0 aliphatic carbocycles. The zero-order valence-electron chi connectivity index (χ0n) is 34.0. The van der Waals surface area contributed by atoms with Gasteiger partial charge in [0, 0.05) is 62.5 Å². The summed E-state index contributed by atoms with van der Waals surface area (Å²) in [4.78, 5) is 4.21. The van der Waals surface area contributed by atoms with Crippen LogP contribution in [-0.2, 0) is 0 Å². The Labute approximate surface area is 364 Å². The van der Waals surface area contributed by atoms with E-state index in [9.17, 15) is 0 Å². The third-order valence-electron chi connectivity index (χ3n) is 12.1. The first-order chi connectivity index (χ1) is 31.1. The van der Waals surface area contributed by atoms with E-state index in [4.69, 9.17) is 9.47 Å². The molecule has 2 aliphatic heterocycles. The van der Waals surface area contributed by atoms with E-state index < -0.39 is 0 Å². The van der Waals surface area contributed by atoms with E-state index in [2.05, 4.69) is 132 Å². The third kappa shape index (κ3) is 6.29. The van der Waals surface area contributed by atoms with Crippen LogP contribution in [0.1, 0.15) is 0 Å². The molecule has 0 spiro atoms. The van der Waals surface area contributed by atoms with Crippen molar-refractivity contribution in [2.45, 2.75) is 0 Å². The van der Waals surface area contributed by atoms with Crippen molar-refractivity contribution in [1.29, 1.82) is 0 Å². The Morgan fingerprint density at radius 3 is 1.19 bits per heavy atom. The highest BCUT2D eigenvalue weighted by molar-refractivity contribution is 6.14. The highest BCUT2D eigenvalue weighted by Gasteiger charge is 2.30. The lowest BCUT2D eigenvalue weighted by Crippen LogP contribution is -2.12. The number of fused-ring (bicyclic) bond motifs is 4.